The summed E-state index contributed by atoms with van der Waals surface area (Å²) in [4.78, 5) is 5.27. The van der Waals surface area contributed by atoms with Crippen LogP contribution in [0.1, 0.15) is 6.29 Å². The van der Waals surface area contributed by atoms with Gasteiger partial charge in [-0.25, -0.2) is 4.98 Å². The molecule has 4 aromatic heterocycles. The molecule has 6 nitrogen and oxygen atoms in total. The van der Waals surface area contributed by atoms with Crippen LogP contribution >= 0.6 is 0 Å². The molecule has 0 saturated carbocycles. The van der Waals surface area contributed by atoms with Crippen molar-refractivity contribution in [2.24, 2.45) is 0 Å². The van der Waals surface area contributed by atoms with E-state index >= 15 is 0 Å². The molecule has 0 amide bonds. The summed E-state index contributed by atoms with van der Waals surface area (Å²) in [5.74, 6) is 0.956. The molecule has 1 aliphatic heterocycles. The first-order valence-corrected chi connectivity index (χ1v) is 19.2. The van der Waals surface area contributed by atoms with Gasteiger partial charge in [0.25, 0.3) is 0 Å². The summed E-state index contributed by atoms with van der Waals surface area (Å²) in [7, 11) is 0. The summed E-state index contributed by atoms with van der Waals surface area (Å²) in [6, 6.07) is 66.0. The fourth-order valence-corrected chi connectivity index (χ4v) is 9.64. The van der Waals surface area contributed by atoms with Gasteiger partial charge in [-0.2, -0.15) is 0 Å². The third-order valence-corrected chi connectivity index (χ3v) is 12.0. The van der Waals surface area contributed by atoms with Crippen molar-refractivity contribution < 1.29 is 0 Å². The fourth-order valence-electron chi connectivity index (χ4n) is 9.64. The summed E-state index contributed by atoms with van der Waals surface area (Å²) in [6.07, 6.45) is -0.311. The van der Waals surface area contributed by atoms with Crippen LogP contribution in [-0.2, 0) is 0 Å². The van der Waals surface area contributed by atoms with Crippen LogP contribution in [-0.4, -0.2) is 23.3 Å². The number of nitrogens with one attached hydrogen (secondary N) is 1. The maximum atomic E-state index is 5.27. The van der Waals surface area contributed by atoms with Crippen molar-refractivity contribution in [2.45, 2.75) is 6.29 Å². The molecule has 0 saturated heterocycles. The molecule has 1 unspecified atom stereocenters. The van der Waals surface area contributed by atoms with Crippen molar-refractivity contribution in [1.29, 1.82) is 0 Å². The zero-order chi connectivity index (χ0) is 36.5. The van der Waals surface area contributed by atoms with E-state index in [1.54, 1.807) is 0 Å². The molecule has 13 rings (SSSR count). The highest BCUT2D eigenvalue weighted by Crippen LogP contribution is 2.44. The van der Waals surface area contributed by atoms with E-state index in [0.717, 1.165) is 50.5 Å². The van der Waals surface area contributed by atoms with E-state index in [9.17, 15) is 0 Å². The number of benzene rings is 8. The molecule has 0 radical (unpaired) electrons. The van der Waals surface area contributed by atoms with Crippen LogP contribution in [0, 0.1) is 0 Å². The molecule has 8 aromatic carbocycles. The number of rotatable bonds is 3. The van der Waals surface area contributed by atoms with E-state index in [2.05, 4.69) is 206 Å². The zero-order valence-electron chi connectivity index (χ0n) is 30.1. The molecule has 12 aromatic rings. The summed E-state index contributed by atoms with van der Waals surface area (Å²) in [5, 5.41) is 11.4. The highest BCUT2D eigenvalue weighted by atomic mass is 15.4. The van der Waals surface area contributed by atoms with Gasteiger partial charge < -0.3 is 19.0 Å². The Kier molecular flexibility index (Phi) is 5.86. The van der Waals surface area contributed by atoms with Crippen molar-refractivity contribution in [1.82, 2.24) is 23.3 Å². The van der Waals surface area contributed by atoms with Gasteiger partial charge in [-0.3, -0.25) is 4.57 Å². The Labute approximate surface area is 320 Å². The van der Waals surface area contributed by atoms with Crippen LogP contribution in [0.4, 0.5) is 5.69 Å². The number of hydrogen-bond donors (Lipinski definition) is 1. The lowest BCUT2D eigenvalue weighted by Crippen LogP contribution is -2.29. The molecule has 1 aliphatic rings. The van der Waals surface area contributed by atoms with Crippen LogP contribution < -0.4 is 5.32 Å². The van der Waals surface area contributed by atoms with E-state index in [1.807, 2.05) is 0 Å². The van der Waals surface area contributed by atoms with E-state index in [0.29, 0.717) is 0 Å². The molecule has 0 spiro atoms. The SMILES string of the molecule is c1ccc2c(c1)NC(n1c3cc(-n4c5ccccc5c5ccccc54)ccc3c3ccc(-n4c5ccccc5c5ccccc54)cc31)n1c-2nc2ccccc21. The zero-order valence-corrected chi connectivity index (χ0v) is 30.1. The first-order valence-electron chi connectivity index (χ1n) is 19.2. The monoisotopic (exact) mass is 716 g/mol. The van der Waals surface area contributed by atoms with Gasteiger partial charge in [-0.1, -0.05) is 109 Å². The maximum Gasteiger partial charge on any atom is 0.188 e. The number of imidazole rings is 1. The average Bonchev–Trinajstić information content (AvgIpc) is 4.00. The molecule has 56 heavy (non-hydrogen) atoms. The predicted octanol–water partition coefficient (Wildman–Crippen LogP) is 12.4. The molecule has 0 bridgehead atoms. The number of fused-ring (bicyclic) bond motifs is 14. The van der Waals surface area contributed by atoms with Crippen molar-refractivity contribution in [3.05, 3.63) is 182 Å². The van der Waals surface area contributed by atoms with E-state index in [1.165, 1.54) is 54.4 Å². The minimum Gasteiger partial charge on any atom is -0.347 e. The Morgan fingerprint density at radius 1 is 0.375 bits per heavy atom. The second-order valence-corrected chi connectivity index (χ2v) is 14.9. The third kappa shape index (κ3) is 3.92. The second kappa shape index (κ2) is 11.0. The van der Waals surface area contributed by atoms with E-state index < -0.39 is 0 Å². The molecule has 262 valence electrons. The van der Waals surface area contributed by atoms with Crippen LogP contribution in [0.5, 0.6) is 0 Å². The topological polar surface area (TPSA) is 44.6 Å². The highest BCUT2D eigenvalue weighted by molar-refractivity contribution is 6.13. The normalized spacial score (nSPS) is 14.0. The Hall–Kier alpha value is -7.57. The maximum absolute atomic E-state index is 5.27. The lowest BCUT2D eigenvalue weighted by Gasteiger charge is -2.32. The van der Waals surface area contributed by atoms with Gasteiger partial charge in [0, 0.05) is 54.9 Å². The Morgan fingerprint density at radius 3 is 1.34 bits per heavy atom. The first-order chi connectivity index (χ1) is 27.8. The lowest BCUT2D eigenvalue weighted by molar-refractivity contribution is 0.520. The van der Waals surface area contributed by atoms with Crippen LogP contribution in [0.25, 0.3) is 99.2 Å². The Morgan fingerprint density at radius 2 is 0.804 bits per heavy atom. The number of hydrogen-bond acceptors (Lipinski definition) is 2. The van der Waals surface area contributed by atoms with Gasteiger partial charge in [0.2, 0.25) is 0 Å². The number of anilines is 1. The molecule has 0 aliphatic carbocycles. The van der Waals surface area contributed by atoms with Gasteiger partial charge >= 0.3 is 0 Å². The Balaban J connectivity index is 1.15. The van der Waals surface area contributed by atoms with Gasteiger partial charge in [-0.05, 0) is 72.8 Å². The number of para-hydroxylation sites is 7. The smallest absolute Gasteiger partial charge is 0.188 e. The molecule has 5 heterocycles. The number of nitrogens with zero attached hydrogens (tertiary/aromatic N) is 5. The molecule has 1 atom stereocenters. The highest BCUT2D eigenvalue weighted by Gasteiger charge is 2.31. The molecular weight excluding hydrogens is 685 g/mol. The van der Waals surface area contributed by atoms with Crippen molar-refractivity contribution in [2.75, 3.05) is 5.32 Å². The van der Waals surface area contributed by atoms with Crippen LogP contribution in [0.2, 0.25) is 0 Å². The van der Waals surface area contributed by atoms with Crippen molar-refractivity contribution >= 4 is 82.1 Å². The quantitative estimate of drug-likeness (QED) is 0.198. The third-order valence-electron chi connectivity index (χ3n) is 12.0. The first kappa shape index (κ1) is 29.8. The predicted molar refractivity (Wildman–Crippen MR) is 231 cm³/mol. The second-order valence-electron chi connectivity index (χ2n) is 14.9. The summed E-state index contributed by atoms with van der Waals surface area (Å²) in [6.45, 7) is 0. The fraction of sp³-hybridized carbons (Fsp3) is 0.0200. The minimum atomic E-state index is -0.311. The lowest BCUT2D eigenvalue weighted by atomic mass is 10.1. The van der Waals surface area contributed by atoms with Crippen LogP contribution in [0.15, 0.2) is 182 Å². The summed E-state index contributed by atoms with van der Waals surface area (Å²) >= 11 is 0. The van der Waals surface area contributed by atoms with Crippen molar-refractivity contribution in [3.63, 3.8) is 0 Å². The Bertz CT molecular complexity index is 3320. The summed E-state index contributed by atoms with van der Waals surface area (Å²) in [5.41, 5.74) is 13.5. The molecule has 6 heteroatoms. The molecule has 1 N–H and O–H groups in total. The standard InChI is InChI=1S/C50H32N6/c1-6-18-40-39(17-1)49-51-41-19-7-12-24-46(41)56(49)50(52-40)55-47-29-31(53-42-20-8-2-13-33(42)34-14-3-9-21-43(34)53)25-27-37(47)38-28-26-32(30-48(38)55)54-44-22-10-4-15-35(44)36-16-5-11-23-45(36)54/h1-30,50,52H. The largest absolute Gasteiger partial charge is 0.347 e. The van der Waals surface area contributed by atoms with E-state index in [4.69, 9.17) is 4.98 Å². The minimum absolute atomic E-state index is 0.311. The molecule has 0 fully saturated rings. The van der Waals surface area contributed by atoms with Gasteiger partial charge in [0.1, 0.15) is 5.82 Å². The molecular formula is C50H32N6. The average molecular weight is 717 g/mol. The van der Waals surface area contributed by atoms with Gasteiger partial charge in [0.15, 0.2) is 6.29 Å². The number of aromatic nitrogens is 5. The van der Waals surface area contributed by atoms with Crippen molar-refractivity contribution in [3.8, 4) is 22.8 Å². The summed E-state index contributed by atoms with van der Waals surface area (Å²) < 4.78 is 9.72. The van der Waals surface area contributed by atoms with E-state index in [-0.39, 0.29) is 6.29 Å². The van der Waals surface area contributed by atoms with Gasteiger partial charge in [0.05, 0.1) is 44.1 Å². The van der Waals surface area contributed by atoms with Gasteiger partial charge in [-0.15, -0.1) is 0 Å². The van der Waals surface area contributed by atoms with Crippen LogP contribution in [0.3, 0.4) is 0 Å².